The van der Waals surface area contributed by atoms with Crippen LogP contribution in [0, 0.1) is 0 Å². The molecule has 124 valence electrons. The highest BCUT2D eigenvalue weighted by Crippen LogP contribution is 2.39. The number of hydrogen-bond acceptors (Lipinski definition) is 0. The van der Waals surface area contributed by atoms with Crippen LogP contribution in [-0.2, 0) is 0 Å². The fourth-order valence-corrected chi connectivity index (χ4v) is 4.75. The van der Waals surface area contributed by atoms with E-state index < -0.39 is 0 Å². The fourth-order valence-electron chi connectivity index (χ4n) is 4.75. The zero-order valence-corrected chi connectivity index (χ0v) is 14.7. The molecule has 1 nitrogen and oxygen atoms in total. The molecule has 0 aliphatic carbocycles. The van der Waals surface area contributed by atoms with Crippen LogP contribution in [0.15, 0.2) is 66.2 Å². The lowest BCUT2D eigenvalue weighted by atomic mass is 9.82. The van der Waals surface area contributed by atoms with Crippen molar-refractivity contribution in [2.75, 3.05) is 20.1 Å². The van der Waals surface area contributed by atoms with E-state index >= 15 is 0 Å². The summed E-state index contributed by atoms with van der Waals surface area (Å²) in [6.45, 7) is 2.69. The first-order chi connectivity index (χ1) is 11.8. The molecule has 2 unspecified atom stereocenters. The Morgan fingerprint density at radius 2 is 1.46 bits per heavy atom. The average Bonchev–Trinajstić information content (AvgIpc) is 2.64. The summed E-state index contributed by atoms with van der Waals surface area (Å²) < 4.78 is 1.31. The maximum atomic E-state index is 2.49. The third-order valence-electron chi connectivity index (χ3n) is 6.22. The van der Waals surface area contributed by atoms with E-state index in [2.05, 4.69) is 67.7 Å². The lowest BCUT2D eigenvalue weighted by Gasteiger charge is -2.48. The van der Waals surface area contributed by atoms with Gasteiger partial charge in [-0.25, -0.2) is 0 Å². The Bertz CT molecular complexity index is 675. The van der Waals surface area contributed by atoms with Gasteiger partial charge in [0.1, 0.15) is 0 Å². The molecule has 4 rings (SSSR count). The lowest BCUT2D eigenvalue weighted by molar-refractivity contribution is -0.941. The molecular formula is C23H28N+. The van der Waals surface area contributed by atoms with E-state index in [1.165, 1.54) is 66.4 Å². The van der Waals surface area contributed by atoms with Gasteiger partial charge in [-0.05, 0) is 36.0 Å². The van der Waals surface area contributed by atoms with Crippen LogP contribution in [0.25, 0.3) is 5.57 Å². The molecule has 2 aromatic rings. The molecule has 2 heterocycles. The number of fused-ring (bicyclic) bond motifs is 1. The number of piperidine rings is 2. The molecule has 2 saturated heterocycles. The molecule has 0 bridgehead atoms. The zero-order chi connectivity index (χ0) is 16.4. The van der Waals surface area contributed by atoms with E-state index in [1.54, 1.807) is 5.57 Å². The van der Waals surface area contributed by atoms with Gasteiger partial charge in [0, 0.05) is 12.8 Å². The zero-order valence-electron chi connectivity index (χ0n) is 14.7. The van der Waals surface area contributed by atoms with Gasteiger partial charge < -0.3 is 4.48 Å². The van der Waals surface area contributed by atoms with Crippen LogP contribution in [0.3, 0.4) is 0 Å². The van der Waals surface area contributed by atoms with Crippen LogP contribution in [0.2, 0.25) is 0 Å². The predicted octanol–water partition coefficient (Wildman–Crippen LogP) is 5.28. The Kier molecular flexibility index (Phi) is 4.28. The van der Waals surface area contributed by atoms with Crippen LogP contribution in [-0.4, -0.2) is 30.7 Å². The Labute approximate surface area is 146 Å². The minimum absolute atomic E-state index is 0.824. The molecule has 0 N–H and O–H groups in total. The molecule has 0 saturated carbocycles. The fraction of sp³-hybridized carbons (Fsp3) is 0.391. The third kappa shape index (κ3) is 2.93. The molecule has 0 amide bonds. The second-order valence-corrected chi connectivity index (χ2v) is 7.74. The number of rotatable bonds is 2. The maximum Gasteiger partial charge on any atom is 0.0926 e. The van der Waals surface area contributed by atoms with Gasteiger partial charge in [0.25, 0.3) is 0 Å². The van der Waals surface area contributed by atoms with Gasteiger partial charge in [0.15, 0.2) is 0 Å². The summed E-state index contributed by atoms with van der Waals surface area (Å²) in [6.07, 6.45) is 6.74. The average molecular weight is 318 g/mol. The van der Waals surface area contributed by atoms with Gasteiger partial charge >= 0.3 is 0 Å². The number of hydrogen-bond donors (Lipinski definition) is 0. The van der Waals surface area contributed by atoms with Crippen molar-refractivity contribution < 1.29 is 4.48 Å². The minimum Gasteiger partial charge on any atom is -0.323 e. The first-order valence-electron chi connectivity index (χ1n) is 9.43. The van der Waals surface area contributed by atoms with Gasteiger partial charge in [-0.15, -0.1) is 0 Å². The second-order valence-electron chi connectivity index (χ2n) is 7.74. The van der Waals surface area contributed by atoms with E-state index in [0.29, 0.717) is 0 Å². The summed E-state index contributed by atoms with van der Waals surface area (Å²) in [6, 6.07) is 22.8. The van der Waals surface area contributed by atoms with Crippen LogP contribution >= 0.6 is 0 Å². The highest BCUT2D eigenvalue weighted by Gasteiger charge is 2.39. The van der Waals surface area contributed by atoms with E-state index in [9.17, 15) is 0 Å². The quantitative estimate of drug-likeness (QED) is 0.661. The summed E-state index contributed by atoms with van der Waals surface area (Å²) in [4.78, 5) is 0. The standard InChI is InChI=1S/C23H28N/c1-24-16-9-8-14-22(24)18-21(15-17-24)23(19-10-4-2-5-11-19)20-12-6-3-7-13-20/h2-7,10-13,22H,8-9,14-18H2,1H3/q+1. The van der Waals surface area contributed by atoms with E-state index in [4.69, 9.17) is 0 Å². The molecule has 2 aromatic carbocycles. The van der Waals surface area contributed by atoms with Crippen molar-refractivity contribution in [2.24, 2.45) is 0 Å². The van der Waals surface area contributed by atoms with Crippen molar-refractivity contribution >= 4 is 5.57 Å². The predicted molar refractivity (Wildman–Crippen MR) is 102 cm³/mol. The summed E-state index contributed by atoms with van der Waals surface area (Å²) in [5.74, 6) is 0. The number of benzene rings is 2. The molecule has 2 atom stereocenters. The van der Waals surface area contributed by atoms with Crippen LogP contribution in [0.1, 0.15) is 43.2 Å². The van der Waals surface area contributed by atoms with Gasteiger partial charge in [0.2, 0.25) is 0 Å². The highest BCUT2D eigenvalue weighted by molar-refractivity contribution is 5.82. The van der Waals surface area contributed by atoms with E-state index in [1.807, 2.05) is 0 Å². The monoisotopic (exact) mass is 318 g/mol. The Morgan fingerprint density at radius 3 is 2.08 bits per heavy atom. The Hall–Kier alpha value is -1.86. The summed E-state index contributed by atoms with van der Waals surface area (Å²) in [7, 11) is 2.49. The first-order valence-corrected chi connectivity index (χ1v) is 9.43. The van der Waals surface area contributed by atoms with Crippen molar-refractivity contribution in [3.63, 3.8) is 0 Å². The molecule has 2 aliphatic rings. The van der Waals surface area contributed by atoms with Crippen molar-refractivity contribution in [1.29, 1.82) is 0 Å². The van der Waals surface area contributed by atoms with Gasteiger partial charge in [0.05, 0.1) is 26.2 Å². The number of quaternary nitrogens is 1. The van der Waals surface area contributed by atoms with Crippen LogP contribution in [0.4, 0.5) is 0 Å². The molecule has 2 fully saturated rings. The molecular weight excluding hydrogens is 290 g/mol. The SMILES string of the molecule is C[N+]12CCCCC1CC(=C(c1ccccc1)c1ccccc1)CC2. The van der Waals surface area contributed by atoms with Crippen molar-refractivity contribution in [1.82, 2.24) is 0 Å². The van der Waals surface area contributed by atoms with Gasteiger partial charge in [-0.2, -0.15) is 0 Å². The van der Waals surface area contributed by atoms with Crippen molar-refractivity contribution in [2.45, 2.75) is 38.1 Å². The Balaban J connectivity index is 1.77. The maximum absolute atomic E-state index is 2.49. The topological polar surface area (TPSA) is 0 Å². The molecule has 24 heavy (non-hydrogen) atoms. The smallest absolute Gasteiger partial charge is 0.0926 e. The highest BCUT2D eigenvalue weighted by atomic mass is 15.4. The molecule has 2 aliphatic heterocycles. The van der Waals surface area contributed by atoms with E-state index in [-0.39, 0.29) is 0 Å². The van der Waals surface area contributed by atoms with Crippen LogP contribution < -0.4 is 0 Å². The third-order valence-corrected chi connectivity index (χ3v) is 6.22. The minimum atomic E-state index is 0.824. The Morgan fingerprint density at radius 1 is 0.833 bits per heavy atom. The molecule has 0 aromatic heterocycles. The lowest BCUT2D eigenvalue weighted by Crippen LogP contribution is -2.57. The summed E-state index contributed by atoms with van der Waals surface area (Å²) >= 11 is 0. The van der Waals surface area contributed by atoms with E-state index in [0.717, 1.165) is 6.04 Å². The normalized spacial score (nSPS) is 26.7. The van der Waals surface area contributed by atoms with Crippen molar-refractivity contribution in [3.05, 3.63) is 77.4 Å². The largest absolute Gasteiger partial charge is 0.323 e. The number of nitrogens with zero attached hydrogens (tertiary/aromatic N) is 1. The molecule has 0 radical (unpaired) electrons. The molecule has 0 spiro atoms. The van der Waals surface area contributed by atoms with Gasteiger partial charge in [-0.3, -0.25) is 0 Å². The summed E-state index contributed by atoms with van der Waals surface area (Å²) in [5.41, 5.74) is 5.93. The van der Waals surface area contributed by atoms with Crippen LogP contribution in [0.5, 0.6) is 0 Å². The second kappa shape index (κ2) is 6.57. The molecule has 1 heteroatoms. The van der Waals surface area contributed by atoms with Gasteiger partial charge in [-0.1, -0.05) is 66.2 Å². The van der Waals surface area contributed by atoms with Crippen molar-refractivity contribution in [3.8, 4) is 0 Å². The first kappa shape index (κ1) is 15.7. The summed E-state index contributed by atoms with van der Waals surface area (Å²) in [5, 5.41) is 0.